The average molecular weight is 623 g/mol. The number of nitrogens with zero attached hydrogens (tertiary/aromatic N) is 1. The second-order valence-corrected chi connectivity index (χ2v) is 9.81. The van der Waals surface area contributed by atoms with Crippen LogP contribution in [-0.4, -0.2) is 36.1 Å². The smallest absolute Gasteiger partial charge is 0.387 e. The van der Waals surface area contributed by atoms with Crippen LogP contribution in [0.4, 0.5) is 17.6 Å². The molecular formula is C31H38F4N4O5. The third-order valence-electron chi connectivity index (χ3n) is 6.74. The molecule has 0 unspecified atom stereocenters. The number of aromatic nitrogens is 1. The predicted octanol–water partition coefficient (Wildman–Crippen LogP) is 6.24. The maximum Gasteiger partial charge on any atom is 0.387 e. The maximum atomic E-state index is 13.9. The van der Waals surface area contributed by atoms with Gasteiger partial charge in [0.05, 0.1) is 13.2 Å². The van der Waals surface area contributed by atoms with E-state index in [1.54, 1.807) is 0 Å². The molecule has 1 heterocycles. The minimum absolute atomic E-state index is 0.00603. The number of nitrogens with two attached hydrogens (primary N) is 1. The highest BCUT2D eigenvalue weighted by Gasteiger charge is 2.22. The van der Waals surface area contributed by atoms with Gasteiger partial charge in [-0.1, -0.05) is 32.8 Å². The molecule has 1 aliphatic rings. The van der Waals surface area contributed by atoms with E-state index in [2.05, 4.69) is 20.4 Å². The zero-order valence-corrected chi connectivity index (χ0v) is 24.8. The van der Waals surface area contributed by atoms with Gasteiger partial charge in [0.2, 0.25) is 11.8 Å². The maximum absolute atomic E-state index is 13.9. The number of benzene rings is 2. The Kier molecular flexibility index (Phi) is 13.5. The van der Waals surface area contributed by atoms with Gasteiger partial charge in [0.25, 0.3) is 5.91 Å². The van der Waals surface area contributed by atoms with Crippen molar-refractivity contribution in [1.29, 1.82) is 0 Å². The van der Waals surface area contributed by atoms with E-state index in [4.69, 9.17) is 14.9 Å². The SMILES string of the molecule is CC.NCc1oc(-c2ccc(OC(F)F)c(OCCCCC(=O)NC3CCCC3)c2)nc1C(=O)NCc1ccc(F)cc1F. The molecule has 0 spiro atoms. The van der Waals surface area contributed by atoms with Gasteiger partial charge in [-0.15, -0.1) is 0 Å². The molecule has 2 amide bonds. The summed E-state index contributed by atoms with van der Waals surface area (Å²) in [6.45, 7) is 0.610. The van der Waals surface area contributed by atoms with Gasteiger partial charge in [-0.3, -0.25) is 9.59 Å². The van der Waals surface area contributed by atoms with Crippen molar-refractivity contribution in [3.05, 3.63) is 65.1 Å². The number of alkyl halides is 2. The van der Waals surface area contributed by atoms with Gasteiger partial charge in [-0.2, -0.15) is 8.78 Å². The van der Waals surface area contributed by atoms with Crippen molar-refractivity contribution >= 4 is 11.8 Å². The zero-order valence-electron chi connectivity index (χ0n) is 24.8. The Morgan fingerprint density at radius 3 is 2.50 bits per heavy atom. The van der Waals surface area contributed by atoms with Crippen molar-refractivity contribution in [2.24, 2.45) is 5.73 Å². The molecule has 13 heteroatoms. The summed E-state index contributed by atoms with van der Waals surface area (Å²) in [6.07, 6.45) is 5.60. The number of ether oxygens (including phenoxy) is 2. The van der Waals surface area contributed by atoms with E-state index >= 15 is 0 Å². The summed E-state index contributed by atoms with van der Waals surface area (Å²) in [7, 11) is 0. The number of oxazole rings is 1. The van der Waals surface area contributed by atoms with Crippen LogP contribution in [0.5, 0.6) is 11.5 Å². The molecule has 1 aromatic heterocycles. The summed E-state index contributed by atoms with van der Waals surface area (Å²) < 4.78 is 69.0. The number of carbonyl (C=O) groups is 2. The van der Waals surface area contributed by atoms with E-state index in [1.165, 1.54) is 24.3 Å². The van der Waals surface area contributed by atoms with E-state index in [-0.39, 0.29) is 66.1 Å². The molecule has 9 nitrogen and oxygen atoms in total. The summed E-state index contributed by atoms with van der Waals surface area (Å²) in [5, 5.41) is 5.50. The molecule has 0 radical (unpaired) electrons. The van der Waals surface area contributed by atoms with Gasteiger partial charge in [0, 0.05) is 36.2 Å². The largest absolute Gasteiger partial charge is 0.490 e. The fourth-order valence-corrected chi connectivity index (χ4v) is 4.60. The molecule has 1 saturated carbocycles. The monoisotopic (exact) mass is 622 g/mol. The molecule has 44 heavy (non-hydrogen) atoms. The van der Waals surface area contributed by atoms with Crippen molar-refractivity contribution in [2.75, 3.05) is 6.61 Å². The molecule has 3 aromatic rings. The standard InChI is InChI=1S/C29H32F4N4O5.C2H6/c30-19-10-8-18(21(31)14-19)16-35-27(39)26-24(15-34)41-28(37-26)17-9-11-22(42-29(32)33)23(13-17)40-12-4-3-7-25(38)36-20-5-1-2-6-20;1-2/h8-11,13-14,20,29H,1-7,12,15-16,34H2,(H,35,39)(H,36,38);1-2H3. The van der Waals surface area contributed by atoms with Crippen LogP contribution in [-0.2, 0) is 17.9 Å². The Morgan fingerprint density at radius 2 is 1.82 bits per heavy atom. The van der Waals surface area contributed by atoms with Crippen molar-refractivity contribution in [3.63, 3.8) is 0 Å². The molecule has 1 fully saturated rings. The number of hydrogen-bond donors (Lipinski definition) is 3. The number of halogens is 4. The van der Waals surface area contributed by atoms with Crippen LogP contribution in [0, 0.1) is 11.6 Å². The predicted molar refractivity (Wildman–Crippen MR) is 155 cm³/mol. The first kappa shape index (κ1) is 34.4. The Hall–Kier alpha value is -4.13. The Labute approximate surface area is 253 Å². The average Bonchev–Trinajstić information content (AvgIpc) is 3.68. The minimum Gasteiger partial charge on any atom is -0.490 e. The zero-order chi connectivity index (χ0) is 32.1. The lowest BCUT2D eigenvalue weighted by atomic mass is 10.2. The van der Waals surface area contributed by atoms with Gasteiger partial charge in [0.1, 0.15) is 11.6 Å². The van der Waals surface area contributed by atoms with Crippen molar-refractivity contribution in [1.82, 2.24) is 15.6 Å². The molecule has 0 atom stereocenters. The molecule has 2 aromatic carbocycles. The Balaban J connectivity index is 0.00000259. The van der Waals surface area contributed by atoms with Crippen molar-refractivity contribution < 1.29 is 41.0 Å². The van der Waals surface area contributed by atoms with Crippen LogP contribution in [0.25, 0.3) is 11.5 Å². The summed E-state index contributed by atoms with van der Waals surface area (Å²) in [6, 6.07) is 7.26. The first-order valence-electron chi connectivity index (χ1n) is 14.7. The quantitative estimate of drug-likeness (QED) is 0.143. The molecule has 0 bridgehead atoms. The van der Waals surface area contributed by atoms with Crippen LogP contribution in [0.3, 0.4) is 0 Å². The van der Waals surface area contributed by atoms with E-state index in [0.717, 1.165) is 31.7 Å². The second-order valence-electron chi connectivity index (χ2n) is 9.81. The third kappa shape index (κ3) is 9.97. The first-order valence-corrected chi connectivity index (χ1v) is 14.7. The van der Waals surface area contributed by atoms with Crippen LogP contribution in [0.1, 0.15) is 80.6 Å². The van der Waals surface area contributed by atoms with E-state index in [0.29, 0.717) is 30.9 Å². The van der Waals surface area contributed by atoms with Crippen molar-refractivity contribution in [3.8, 4) is 23.0 Å². The normalized spacial score (nSPS) is 12.9. The molecule has 4 N–H and O–H groups in total. The molecule has 4 rings (SSSR count). The highest BCUT2D eigenvalue weighted by Crippen LogP contribution is 2.34. The second kappa shape index (κ2) is 17.2. The van der Waals surface area contributed by atoms with Gasteiger partial charge in [-0.25, -0.2) is 13.8 Å². The number of rotatable bonds is 14. The van der Waals surface area contributed by atoms with Crippen LogP contribution < -0.4 is 25.8 Å². The van der Waals surface area contributed by atoms with Gasteiger partial charge in [-0.05, 0) is 49.9 Å². The summed E-state index contributed by atoms with van der Waals surface area (Å²) in [5.74, 6) is -2.51. The summed E-state index contributed by atoms with van der Waals surface area (Å²) >= 11 is 0. The number of unbranched alkanes of at least 4 members (excludes halogenated alkanes) is 1. The molecular weight excluding hydrogens is 584 g/mol. The van der Waals surface area contributed by atoms with Crippen molar-refractivity contribution in [2.45, 2.75) is 84.5 Å². The van der Waals surface area contributed by atoms with Gasteiger partial charge >= 0.3 is 6.61 Å². The third-order valence-corrected chi connectivity index (χ3v) is 6.74. The molecule has 1 aliphatic carbocycles. The van der Waals surface area contributed by atoms with E-state index in [9.17, 15) is 27.2 Å². The first-order chi connectivity index (χ1) is 21.2. The lowest BCUT2D eigenvalue weighted by Crippen LogP contribution is -2.32. The van der Waals surface area contributed by atoms with E-state index in [1.807, 2.05) is 13.8 Å². The number of hydrogen-bond acceptors (Lipinski definition) is 7. The highest BCUT2D eigenvalue weighted by molar-refractivity contribution is 5.93. The fraction of sp³-hybridized carbons (Fsp3) is 0.452. The lowest BCUT2D eigenvalue weighted by Gasteiger charge is -2.14. The van der Waals surface area contributed by atoms with Crippen LogP contribution >= 0.6 is 0 Å². The Morgan fingerprint density at radius 1 is 1.07 bits per heavy atom. The van der Waals surface area contributed by atoms with Crippen LogP contribution in [0.15, 0.2) is 40.8 Å². The Bertz CT molecular complexity index is 1380. The number of carbonyl (C=O) groups excluding carboxylic acids is 2. The molecule has 240 valence electrons. The molecule has 0 aliphatic heterocycles. The highest BCUT2D eigenvalue weighted by atomic mass is 19.3. The topological polar surface area (TPSA) is 129 Å². The van der Waals surface area contributed by atoms with Gasteiger partial charge in [0.15, 0.2) is 23.0 Å². The van der Waals surface area contributed by atoms with Crippen LogP contribution in [0.2, 0.25) is 0 Å². The number of nitrogens with one attached hydrogen (secondary N) is 2. The van der Waals surface area contributed by atoms with Gasteiger partial charge < -0.3 is 30.3 Å². The van der Waals surface area contributed by atoms with E-state index < -0.39 is 24.2 Å². The summed E-state index contributed by atoms with van der Waals surface area (Å²) in [4.78, 5) is 29.1. The molecule has 0 saturated heterocycles. The lowest BCUT2D eigenvalue weighted by molar-refractivity contribution is -0.121. The number of amides is 2. The fourth-order valence-electron chi connectivity index (χ4n) is 4.60. The summed E-state index contributed by atoms with van der Waals surface area (Å²) in [5.41, 5.74) is 5.93. The minimum atomic E-state index is -3.09.